The first-order chi connectivity index (χ1) is 18.1. The topological polar surface area (TPSA) is 245 Å². The number of nitrogen functional groups attached to an aromatic ring is 1. The number of anilines is 2. The summed E-state index contributed by atoms with van der Waals surface area (Å²) < 4.78 is 56.8. The highest BCUT2D eigenvalue weighted by molar-refractivity contribution is 8.13. The molecule has 0 bridgehead atoms. The van der Waals surface area contributed by atoms with Gasteiger partial charge in [-0.25, -0.2) is 16.8 Å². The molecule has 19 heteroatoms. The second kappa shape index (κ2) is 12.8. The quantitative estimate of drug-likeness (QED) is 0.181. The lowest BCUT2D eigenvalue weighted by molar-refractivity contribution is -0.385. The number of rotatable bonds is 6. The summed E-state index contributed by atoms with van der Waals surface area (Å²) in [6.45, 7) is 3.42. The minimum atomic E-state index is -3.84. The third-order valence-electron chi connectivity index (χ3n) is 4.20. The number of hydrogen-bond acceptors (Lipinski definition) is 13. The molecule has 16 nitrogen and oxygen atoms in total. The number of aryl methyl sites for hydroxylation is 2. The monoisotopic (exact) mass is 602 g/mol. The number of aromatic nitrogens is 2. The van der Waals surface area contributed by atoms with Crippen molar-refractivity contribution in [3.8, 4) is 0 Å². The molecule has 4 aromatic rings. The lowest BCUT2D eigenvalue weighted by atomic mass is 10.3. The van der Waals surface area contributed by atoms with Crippen LogP contribution in [0.3, 0.4) is 0 Å². The van der Waals surface area contributed by atoms with E-state index in [-0.39, 0.29) is 27.0 Å². The Bertz CT molecular complexity index is 1630. The highest BCUT2D eigenvalue weighted by atomic mass is 35.7. The predicted octanol–water partition coefficient (Wildman–Crippen LogP) is 3.78. The Balaban J connectivity index is 0.000000229. The van der Waals surface area contributed by atoms with Crippen molar-refractivity contribution in [3.05, 3.63) is 92.4 Å². The SMILES string of the molecule is Cc1cc(N)no1.Cc1cc(NS(=O)(=O)c2ccc([N+](=O)[O-])cc2)no1.O=[N+]([O-])c1ccc(S(=O)(=O)Cl)cc1. The van der Waals surface area contributed by atoms with Crippen molar-refractivity contribution in [2.45, 2.75) is 23.6 Å². The van der Waals surface area contributed by atoms with Gasteiger partial charge in [-0.1, -0.05) is 10.3 Å². The fourth-order valence-electron chi connectivity index (χ4n) is 2.47. The van der Waals surface area contributed by atoms with E-state index in [9.17, 15) is 37.1 Å². The Morgan fingerprint density at radius 2 is 1.23 bits per heavy atom. The van der Waals surface area contributed by atoms with Crippen LogP contribution in [0.1, 0.15) is 11.5 Å². The largest absolute Gasteiger partial charge is 0.381 e. The van der Waals surface area contributed by atoms with E-state index in [4.69, 9.17) is 20.9 Å². The van der Waals surface area contributed by atoms with Crippen molar-refractivity contribution in [2.75, 3.05) is 10.5 Å². The first kappa shape index (κ1) is 30.7. The molecule has 2 heterocycles. The summed E-state index contributed by atoms with van der Waals surface area (Å²) in [6.07, 6.45) is 0. The number of non-ortho nitro benzene ring substituents is 2. The summed E-state index contributed by atoms with van der Waals surface area (Å²) in [5.74, 6) is 1.70. The van der Waals surface area contributed by atoms with Crippen LogP contribution in [0, 0.1) is 34.1 Å². The Kier molecular flexibility index (Phi) is 10.1. The van der Waals surface area contributed by atoms with Crippen LogP contribution in [0.4, 0.5) is 23.0 Å². The molecule has 2 aromatic carbocycles. The number of nitrogens with zero attached hydrogens (tertiary/aromatic N) is 4. The Morgan fingerprint density at radius 3 is 1.54 bits per heavy atom. The van der Waals surface area contributed by atoms with E-state index in [1.54, 1.807) is 19.9 Å². The maximum Gasteiger partial charge on any atom is 0.269 e. The Hall–Kier alpha value is -4.55. The number of sulfonamides is 1. The van der Waals surface area contributed by atoms with Gasteiger partial charge in [0.15, 0.2) is 11.6 Å². The zero-order valence-corrected chi connectivity index (χ0v) is 22.3. The third kappa shape index (κ3) is 9.68. The van der Waals surface area contributed by atoms with Crippen LogP contribution in [0.15, 0.2) is 79.5 Å². The molecule has 0 spiro atoms. The van der Waals surface area contributed by atoms with Gasteiger partial charge in [0.1, 0.15) is 11.5 Å². The van der Waals surface area contributed by atoms with Gasteiger partial charge in [0.05, 0.1) is 19.6 Å². The Labute approximate surface area is 225 Å². The smallest absolute Gasteiger partial charge is 0.269 e. The van der Waals surface area contributed by atoms with Crippen LogP contribution >= 0.6 is 10.7 Å². The molecule has 208 valence electrons. The average molecular weight is 603 g/mol. The first-order valence-electron chi connectivity index (χ1n) is 10.2. The highest BCUT2D eigenvalue weighted by Crippen LogP contribution is 2.20. The van der Waals surface area contributed by atoms with E-state index in [1.165, 1.54) is 6.07 Å². The maximum atomic E-state index is 11.9. The molecule has 2 aromatic heterocycles. The maximum absolute atomic E-state index is 11.9. The molecule has 0 radical (unpaired) electrons. The summed E-state index contributed by atoms with van der Waals surface area (Å²) in [7, 11) is -2.64. The molecule has 4 rings (SSSR count). The van der Waals surface area contributed by atoms with Crippen molar-refractivity contribution >= 4 is 52.8 Å². The zero-order valence-electron chi connectivity index (χ0n) is 19.9. The van der Waals surface area contributed by atoms with Gasteiger partial charge in [0.2, 0.25) is 0 Å². The van der Waals surface area contributed by atoms with E-state index in [2.05, 4.69) is 19.6 Å². The fraction of sp³-hybridized carbons (Fsp3) is 0.100. The van der Waals surface area contributed by atoms with Gasteiger partial charge in [-0.2, -0.15) is 0 Å². The molecule has 3 N–H and O–H groups in total. The van der Waals surface area contributed by atoms with Gasteiger partial charge in [0.25, 0.3) is 30.4 Å². The van der Waals surface area contributed by atoms with Crippen LogP contribution in [0.25, 0.3) is 0 Å². The lowest BCUT2D eigenvalue weighted by Crippen LogP contribution is -2.13. The summed E-state index contributed by atoms with van der Waals surface area (Å²) in [4.78, 5) is 19.2. The molecule has 0 aliphatic heterocycles. The number of nitrogens with one attached hydrogen (secondary N) is 1. The third-order valence-corrected chi connectivity index (χ3v) is 6.94. The first-order valence-corrected chi connectivity index (χ1v) is 14.0. The average Bonchev–Trinajstić information content (AvgIpc) is 3.45. The van der Waals surface area contributed by atoms with Crippen LogP contribution < -0.4 is 10.5 Å². The molecular formula is C20H19ClN6O10S2. The molecule has 0 amide bonds. The lowest BCUT2D eigenvalue weighted by Gasteiger charge is -2.04. The van der Waals surface area contributed by atoms with Gasteiger partial charge in [-0.05, 0) is 38.1 Å². The summed E-state index contributed by atoms with van der Waals surface area (Å²) in [5.41, 5.74) is 4.81. The number of nitrogens with two attached hydrogens (primary N) is 1. The normalized spacial score (nSPS) is 10.8. The van der Waals surface area contributed by atoms with Gasteiger partial charge in [-0.15, -0.1) is 0 Å². The second-order valence-electron chi connectivity index (χ2n) is 7.23. The minimum absolute atomic E-state index is 0.0517. The van der Waals surface area contributed by atoms with Crippen LogP contribution in [-0.4, -0.2) is 37.0 Å². The van der Waals surface area contributed by atoms with E-state index >= 15 is 0 Å². The van der Waals surface area contributed by atoms with Crippen molar-refractivity contribution in [3.63, 3.8) is 0 Å². The van der Waals surface area contributed by atoms with E-state index < -0.39 is 28.9 Å². The van der Waals surface area contributed by atoms with Gasteiger partial charge >= 0.3 is 0 Å². The predicted molar refractivity (Wildman–Crippen MR) is 137 cm³/mol. The van der Waals surface area contributed by atoms with E-state index in [0.717, 1.165) is 54.3 Å². The molecular weight excluding hydrogens is 584 g/mol. The summed E-state index contributed by atoms with van der Waals surface area (Å²) in [5, 5.41) is 27.6. The molecule has 0 saturated heterocycles. The van der Waals surface area contributed by atoms with Crippen molar-refractivity contribution in [1.82, 2.24) is 10.3 Å². The van der Waals surface area contributed by atoms with Crippen LogP contribution in [0.2, 0.25) is 0 Å². The van der Waals surface area contributed by atoms with Crippen molar-refractivity contribution < 1.29 is 35.7 Å². The molecule has 0 atom stereocenters. The summed E-state index contributed by atoms with van der Waals surface area (Å²) in [6, 6.07) is 11.9. The summed E-state index contributed by atoms with van der Waals surface area (Å²) >= 11 is 0. The molecule has 0 aliphatic rings. The van der Waals surface area contributed by atoms with E-state index in [0.29, 0.717) is 11.6 Å². The number of benzene rings is 2. The van der Waals surface area contributed by atoms with Crippen LogP contribution in [-0.2, 0) is 19.1 Å². The van der Waals surface area contributed by atoms with E-state index in [1.807, 2.05) is 0 Å². The standard InChI is InChI=1S/C10H9N3O5S.C6H4ClNO4S.C4H6N2O/c1-7-6-10(11-18-7)12-19(16,17)9-4-2-8(3-5-9)13(14)15;7-13(11,12)6-3-1-5(2-4-6)8(9)10;1-3-2-4(5)6-7-3/h2-6H,1H3,(H,11,12);1-4H;2H,1H3,(H2,5,6). The molecule has 0 fully saturated rings. The fourth-order valence-corrected chi connectivity index (χ4v) is 4.23. The number of hydrogen-bond donors (Lipinski definition) is 2. The molecule has 39 heavy (non-hydrogen) atoms. The highest BCUT2D eigenvalue weighted by Gasteiger charge is 2.17. The van der Waals surface area contributed by atoms with Gasteiger partial charge in [0, 0.05) is 47.1 Å². The second-order valence-corrected chi connectivity index (χ2v) is 11.5. The number of nitro benzene ring substituents is 2. The van der Waals surface area contributed by atoms with Crippen LogP contribution in [0.5, 0.6) is 0 Å². The zero-order chi connectivity index (χ0) is 29.4. The number of halogens is 1. The number of nitro groups is 2. The van der Waals surface area contributed by atoms with Gasteiger partial charge in [-0.3, -0.25) is 25.0 Å². The molecule has 0 unspecified atom stereocenters. The van der Waals surface area contributed by atoms with Crippen molar-refractivity contribution in [2.24, 2.45) is 0 Å². The minimum Gasteiger partial charge on any atom is -0.381 e. The van der Waals surface area contributed by atoms with Crippen molar-refractivity contribution in [1.29, 1.82) is 0 Å². The van der Waals surface area contributed by atoms with Gasteiger partial charge < -0.3 is 14.8 Å². The molecule has 0 aliphatic carbocycles. The Morgan fingerprint density at radius 1 is 0.795 bits per heavy atom. The molecule has 0 saturated carbocycles.